The molecule has 0 saturated heterocycles. The second-order valence-corrected chi connectivity index (χ2v) is 9.33. The van der Waals surface area contributed by atoms with Crippen LogP contribution in [0.1, 0.15) is 82.8 Å². The first kappa shape index (κ1) is 24.3. The van der Waals surface area contributed by atoms with E-state index in [0.29, 0.717) is 6.42 Å². The van der Waals surface area contributed by atoms with Gasteiger partial charge in [0.15, 0.2) is 0 Å². The van der Waals surface area contributed by atoms with E-state index in [9.17, 15) is 10.2 Å². The summed E-state index contributed by atoms with van der Waals surface area (Å²) in [5.74, 6) is 1.28. The minimum Gasteiger partial charge on any atom is -0.489 e. The van der Waals surface area contributed by atoms with E-state index in [1.165, 1.54) is 24.0 Å². The fourth-order valence-electron chi connectivity index (χ4n) is 5.31. The quantitative estimate of drug-likeness (QED) is 0.339. The lowest BCUT2D eigenvalue weighted by Gasteiger charge is -2.18. The topological polar surface area (TPSA) is 52.9 Å². The maximum Gasteiger partial charge on any atom is 0.126 e. The first-order valence-electron chi connectivity index (χ1n) is 12.6. The molecule has 0 aromatic heterocycles. The Kier molecular flexibility index (Phi) is 9.43. The van der Waals surface area contributed by atoms with Gasteiger partial charge in [0, 0.05) is 23.8 Å². The lowest BCUT2D eigenvalue weighted by molar-refractivity contribution is 0.135. The molecular weight excluding hydrogens is 386 g/mol. The molecule has 0 unspecified atom stereocenters. The molecule has 174 valence electrons. The number of ether oxygens (including phenoxy) is 1. The summed E-state index contributed by atoms with van der Waals surface area (Å²) in [5, 5.41) is 21.0. The van der Waals surface area contributed by atoms with Gasteiger partial charge in [-0.15, -0.1) is 0 Å². The Balaban J connectivity index is 1.63. The van der Waals surface area contributed by atoms with E-state index in [4.69, 9.17) is 4.74 Å². The number of aliphatic hydroxyl groups excluding tert-OH is 2. The first-order valence-corrected chi connectivity index (χ1v) is 12.6. The molecule has 31 heavy (non-hydrogen) atoms. The Hall–Kier alpha value is -1.36. The average Bonchev–Trinajstić information content (AvgIpc) is 3.27. The van der Waals surface area contributed by atoms with E-state index in [0.717, 1.165) is 57.5 Å². The van der Waals surface area contributed by atoms with Crippen LogP contribution < -0.4 is 4.74 Å². The minimum absolute atomic E-state index is 0.0185. The van der Waals surface area contributed by atoms with Crippen LogP contribution in [-0.2, 0) is 6.42 Å². The van der Waals surface area contributed by atoms with Crippen LogP contribution in [0, 0.1) is 5.92 Å². The maximum atomic E-state index is 10.7. The second kappa shape index (κ2) is 12.0. The summed E-state index contributed by atoms with van der Waals surface area (Å²) >= 11 is 0. The summed E-state index contributed by atoms with van der Waals surface area (Å²) in [6.45, 7) is 10.0. The monoisotopic (exact) mass is 429 g/mol. The number of aryl methyl sites for hydroxylation is 1. The van der Waals surface area contributed by atoms with Gasteiger partial charge in [-0.3, -0.25) is 0 Å². The fourth-order valence-corrected chi connectivity index (χ4v) is 5.31. The van der Waals surface area contributed by atoms with Gasteiger partial charge in [-0.1, -0.05) is 70.4 Å². The number of benzene rings is 1. The average molecular weight is 430 g/mol. The minimum atomic E-state index is -0.420. The van der Waals surface area contributed by atoms with Crippen LogP contribution in [0.4, 0.5) is 0 Å². The molecule has 1 saturated carbocycles. The molecule has 2 N–H and O–H groups in total. The standard InChI is InChI=1S/C27H43NO3/c1-4-7-8-14-21(29)16-17-22-24(30)19-25-26(22)23-15-11-13-20(27(23)31-25)12-9-10-18-28(5-2)6-3/h11,13,15-17,21-22,24-26,29-30H,4-10,12,14,18-19H2,1-3H3/t21-,22-,24+,25-,26-/m0/s1. The summed E-state index contributed by atoms with van der Waals surface area (Å²) in [6, 6.07) is 6.53. The van der Waals surface area contributed by atoms with Crippen molar-refractivity contribution in [1.82, 2.24) is 4.90 Å². The van der Waals surface area contributed by atoms with Crippen molar-refractivity contribution < 1.29 is 14.9 Å². The number of nitrogens with zero attached hydrogens (tertiary/aromatic N) is 1. The molecule has 5 atom stereocenters. The van der Waals surface area contributed by atoms with Gasteiger partial charge in [-0.05, 0) is 50.9 Å². The summed E-state index contributed by atoms with van der Waals surface area (Å²) in [7, 11) is 0. The molecule has 3 rings (SSSR count). The van der Waals surface area contributed by atoms with Gasteiger partial charge in [0.25, 0.3) is 0 Å². The summed E-state index contributed by atoms with van der Waals surface area (Å²) in [6.07, 6.45) is 11.4. The third-order valence-corrected chi connectivity index (χ3v) is 7.21. The molecule has 4 nitrogen and oxygen atoms in total. The van der Waals surface area contributed by atoms with Crippen molar-refractivity contribution in [3.8, 4) is 5.75 Å². The highest BCUT2D eigenvalue weighted by Crippen LogP contribution is 2.52. The summed E-state index contributed by atoms with van der Waals surface area (Å²) in [4.78, 5) is 2.48. The predicted molar refractivity (Wildman–Crippen MR) is 128 cm³/mol. The van der Waals surface area contributed by atoms with Gasteiger partial charge in [0.1, 0.15) is 11.9 Å². The smallest absolute Gasteiger partial charge is 0.126 e. The predicted octanol–water partition coefficient (Wildman–Crippen LogP) is 5.07. The van der Waals surface area contributed by atoms with Gasteiger partial charge in [0.2, 0.25) is 0 Å². The zero-order chi connectivity index (χ0) is 22.2. The summed E-state index contributed by atoms with van der Waals surface area (Å²) < 4.78 is 6.40. The van der Waals surface area contributed by atoms with Gasteiger partial charge >= 0.3 is 0 Å². The highest BCUT2D eigenvalue weighted by Gasteiger charge is 2.48. The molecular formula is C27H43NO3. The number of hydrogen-bond donors (Lipinski definition) is 2. The van der Waals surface area contributed by atoms with Crippen molar-refractivity contribution in [2.75, 3.05) is 19.6 Å². The molecule has 1 aromatic rings. The van der Waals surface area contributed by atoms with Crippen LogP contribution in [-0.4, -0.2) is 53.1 Å². The molecule has 1 fully saturated rings. The van der Waals surface area contributed by atoms with E-state index < -0.39 is 12.2 Å². The van der Waals surface area contributed by atoms with Crippen LogP contribution in [0.15, 0.2) is 30.4 Å². The molecule has 0 radical (unpaired) electrons. The van der Waals surface area contributed by atoms with E-state index in [1.54, 1.807) is 0 Å². The number of aliphatic hydroxyl groups is 2. The molecule has 1 aliphatic carbocycles. The molecule has 1 aliphatic heterocycles. The maximum absolute atomic E-state index is 10.7. The normalized spacial score (nSPS) is 25.7. The number of rotatable bonds is 13. The van der Waals surface area contributed by atoms with Crippen molar-refractivity contribution in [3.63, 3.8) is 0 Å². The summed E-state index contributed by atoms with van der Waals surface area (Å²) in [5.41, 5.74) is 2.56. The van der Waals surface area contributed by atoms with Gasteiger partial charge < -0.3 is 19.8 Å². The molecule has 0 bridgehead atoms. The molecule has 1 heterocycles. The fraction of sp³-hybridized carbons (Fsp3) is 0.704. The number of para-hydroxylation sites is 1. The Morgan fingerprint density at radius 3 is 2.68 bits per heavy atom. The first-order chi connectivity index (χ1) is 15.1. The van der Waals surface area contributed by atoms with Gasteiger partial charge in [-0.25, -0.2) is 0 Å². The van der Waals surface area contributed by atoms with Crippen molar-refractivity contribution in [2.24, 2.45) is 5.92 Å². The number of fused-ring (bicyclic) bond motifs is 3. The highest BCUT2D eigenvalue weighted by atomic mass is 16.5. The number of hydrogen-bond acceptors (Lipinski definition) is 4. The van der Waals surface area contributed by atoms with Gasteiger partial charge in [-0.2, -0.15) is 0 Å². The van der Waals surface area contributed by atoms with E-state index in [-0.39, 0.29) is 17.9 Å². The van der Waals surface area contributed by atoms with E-state index in [2.05, 4.69) is 49.9 Å². The third kappa shape index (κ3) is 6.12. The Morgan fingerprint density at radius 2 is 1.94 bits per heavy atom. The molecule has 0 spiro atoms. The number of unbranched alkanes of at least 4 members (excludes halogenated alkanes) is 3. The molecule has 0 amide bonds. The van der Waals surface area contributed by atoms with Crippen molar-refractivity contribution in [3.05, 3.63) is 41.5 Å². The van der Waals surface area contributed by atoms with Gasteiger partial charge in [0.05, 0.1) is 12.2 Å². The second-order valence-electron chi connectivity index (χ2n) is 9.33. The van der Waals surface area contributed by atoms with Crippen molar-refractivity contribution in [2.45, 2.75) is 96.4 Å². The third-order valence-electron chi connectivity index (χ3n) is 7.21. The van der Waals surface area contributed by atoms with Crippen LogP contribution in [0.3, 0.4) is 0 Å². The lowest BCUT2D eigenvalue weighted by Crippen LogP contribution is -2.23. The van der Waals surface area contributed by atoms with E-state index >= 15 is 0 Å². The zero-order valence-electron chi connectivity index (χ0n) is 19.8. The Bertz CT molecular complexity index is 700. The molecule has 1 aromatic carbocycles. The molecule has 4 heteroatoms. The van der Waals surface area contributed by atoms with Crippen molar-refractivity contribution >= 4 is 0 Å². The van der Waals surface area contributed by atoms with E-state index in [1.807, 2.05) is 6.08 Å². The largest absolute Gasteiger partial charge is 0.489 e. The Labute approximate surface area is 189 Å². The Morgan fingerprint density at radius 1 is 1.13 bits per heavy atom. The van der Waals surface area contributed by atoms with Crippen LogP contribution in [0.5, 0.6) is 5.75 Å². The SMILES string of the molecule is CCCCC[C@H](O)C=C[C@@H]1[C@H]2c3cccc(CCCCN(CC)CC)c3O[C@H]2C[C@H]1O. The van der Waals surface area contributed by atoms with Crippen molar-refractivity contribution in [1.29, 1.82) is 0 Å². The lowest BCUT2D eigenvalue weighted by atomic mass is 9.86. The molecule has 2 aliphatic rings. The highest BCUT2D eigenvalue weighted by molar-refractivity contribution is 5.49. The zero-order valence-corrected chi connectivity index (χ0v) is 19.8. The van der Waals surface area contributed by atoms with Crippen LogP contribution >= 0.6 is 0 Å². The van der Waals surface area contributed by atoms with Crippen LogP contribution in [0.25, 0.3) is 0 Å². The van der Waals surface area contributed by atoms with Crippen LogP contribution in [0.2, 0.25) is 0 Å².